The summed E-state index contributed by atoms with van der Waals surface area (Å²) in [6.07, 6.45) is 7.02. The number of hydrogen-bond donors (Lipinski definition) is 3. The Hall–Kier alpha value is -1.10. The summed E-state index contributed by atoms with van der Waals surface area (Å²) in [6, 6.07) is -1.58. The highest BCUT2D eigenvalue weighted by molar-refractivity contribution is 5.77. The van der Waals surface area contributed by atoms with Crippen molar-refractivity contribution in [1.82, 2.24) is 5.32 Å². The molecular formula is C15H29NO4. The van der Waals surface area contributed by atoms with Crippen LogP contribution in [0, 0.1) is 5.92 Å². The molecule has 3 N–H and O–H groups in total. The van der Waals surface area contributed by atoms with Crippen LogP contribution in [0.1, 0.15) is 65.7 Å². The van der Waals surface area contributed by atoms with Crippen molar-refractivity contribution in [2.24, 2.45) is 5.92 Å². The third-order valence-electron chi connectivity index (χ3n) is 3.46. The van der Waals surface area contributed by atoms with E-state index < -0.39 is 24.0 Å². The molecular weight excluding hydrogens is 258 g/mol. The molecule has 5 heteroatoms. The first-order valence-electron chi connectivity index (χ1n) is 7.61. The average molecular weight is 287 g/mol. The molecule has 20 heavy (non-hydrogen) atoms. The van der Waals surface area contributed by atoms with Gasteiger partial charge in [-0.3, -0.25) is 14.9 Å². The van der Waals surface area contributed by atoms with Gasteiger partial charge in [0.05, 0.1) is 0 Å². The van der Waals surface area contributed by atoms with Gasteiger partial charge in [0.2, 0.25) is 0 Å². The lowest BCUT2D eigenvalue weighted by Crippen LogP contribution is -2.49. The van der Waals surface area contributed by atoms with Crippen molar-refractivity contribution in [2.45, 2.75) is 77.8 Å². The molecule has 5 nitrogen and oxygen atoms in total. The average Bonchev–Trinajstić information content (AvgIpc) is 2.35. The molecule has 0 aromatic carbocycles. The number of unbranched alkanes of at least 4 members (excludes halogenated alkanes) is 5. The van der Waals surface area contributed by atoms with E-state index in [1.54, 1.807) is 13.8 Å². The van der Waals surface area contributed by atoms with Gasteiger partial charge in [-0.15, -0.1) is 0 Å². The summed E-state index contributed by atoms with van der Waals surface area (Å²) in [7, 11) is 0. The van der Waals surface area contributed by atoms with Crippen LogP contribution in [0.2, 0.25) is 0 Å². The SMILES string of the molecule is CCCCCCCCC(N[C@H](C(=O)O)C(C)C)C(=O)O. The van der Waals surface area contributed by atoms with Crippen LogP contribution in [-0.2, 0) is 9.59 Å². The lowest BCUT2D eigenvalue weighted by molar-refractivity contribution is -0.143. The molecule has 0 amide bonds. The summed E-state index contributed by atoms with van der Waals surface area (Å²) < 4.78 is 0. The molecule has 0 aliphatic carbocycles. The zero-order valence-corrected chi connectivity index (χ0v) is 12.9. The highest BCUT2D eigenvalue weighted by Gasteiger charge is 2.27. The molecule has 0 aromatic rings. The van der Waals surface area contributed by atoms with Crippen molar-refractivity contribution in [2.75, 3.05) is 0 Å². The molecule has 0 saturated carbocycles. The second kappa shape index (κ2) is 10.7. The zero-order chi connectivity index (χ0) is 15.5. The molecule has 0 saturated heterocycles. The summed E-state index contributed by atoms with van der Waals surface area (Å²) in [6.45, 7) is 5.70. The Morgan fingerprint density at radius 2 is 1.50 bits per heavy atom. The normalized spacial score (nSPS) is 14.2. The van der Waals surface area contributed by atoms with E-state index in [-0.39, 0.29) is 5.92 Å². The van der Waals surface area contributed by atoms with E-state index in [1.165, 1.54) is 19.3 Å². The van der Waals surface area contributed by atoms with Crippen molar-refractivity contribution in [1.29, 1.82) is 0 Å². The maximum Gasteiger partial charge on any atom is 0.320 e. The van der Waals surface area contributed by atoms with E-state index in [9.17, 15) is 14.7 Å². The monoisotopic (exact) mass is 287 g/mol. The van der Waals surface area contributed by atoms with Crippen LogP contribution in [-0.4, -0.2) is 34.2 Å². The minimum atomic E-state index is -0.991. The molecule has 118 valence electrons. The maximum absolute atomic E-state index is 11.2. The Balaban J connectivity index is 4.16. The number of nitrogens with one attached hydrogen (secondary N) is 1. The van der Waals surface area contributed by atoms with E-state index >= 15 is 0 Å². The Morgan fingerprint density at radius 1 is 0.950 bits per heavy atom. The number of carboxylic acids is 2. The number of carboxylic acid groups (broad SMARTS) is 2. The number of hydrogen-bond acceptors (Lipinski definition) is 3. The fourth-order valence-electron chi connectivity index (χ4n) is 2.17. The first-order valence-corrected chi connectivity index (χ1v) is 7.61. The van der Waals surface area contributed by atoms with Gasteiger partial charge in [-0.25, -0.2) is 0 Å². The third-order valence-corrected chi connectivity index (χ3v) is 3.46. The molecule has 0 aromatic heterocycles. The summed E-state index contributed by atoms with van der Waals surface area (Å²) in [5.74, 6) is -2.10. The molecule has 0 aliphatic rings. The van der Waals surface area contributed by atoms with Crippen LogP contribution in [0.4, 0.5) is 0 Å². The highest BCUT2D eigenvalue weighted by atomic mass is 16.4. The lowest BCUT2D eigenvalue weighted by atomic mass is 10.0. The topological polar surface area (TPSA) is 86.6 Å². The summed E-state index contributed by atoms with van der Waals surface area (Å²) in [4.78, 5) is 22.3. The Bertz CT molecular complexity index is 292. The first-order chi connectivity index (χ1) is 9.40. The van der Waals surface area contributed by atoms with Gasteiger partial charge in [0.1, 0.15) is 12.1 Å². The van der Waals surface area contributed by atoms with Crippen molar-refractivity contribution in [3.8, 4) is 0 Å². The van der Waals surface area contributed by atoms with Crippen LogP contribution in [0.3, 0.4) is 0 Å². The van der Waals surface area contributed by atoms with Gasteiger partial charge >= 0.3 is 11.9 Å². The summed E-state index contributed by atoms with van der Waals surface area (Å²) in [5, 5.41) is 21.0. The van der Waals surface area contributed by atoms with Gasteiger partial charge in [0.25, 0.3) is 0 Å². The maximum atomic E-state index is 11.2. The van der Waals surface area contributed by atoms with Crippen molar-refractivity contribution in [3.63, 3.8) is 0 Å². The predicted octanol–water partition coefficient (Wildman–Crippen LogP) is 2.89. The minimum absolute atomic E-state index is 0.140. The molecule has 0 fully saturated rings. The first kappa shape index (κ1) is 18.9. The van der Waals surface area contributed by atoms with Gasteiger partial charge in [-0.05, 0) is 12.3 Å². The van der Waals surface area contributed by atoms with Crippen molar-refractivity contribution >= 4 is 11.9 Å². The van der Waals surface area contributed by atoms with Crippen LogP contribution in [0.25, 0.3) is 0 Å². The van der Waals surface area contributed by atoms with Gasteiger partial charge in [0.15, 0.2) is 0 Å². The number of aliphatic carboxylic acids is 2. The lowest BCUT2D eigenvalue weighted by Gasteiger charge is -2.22. The summed E-state index contributed by atoms with van der Waals surface area (Å²) >= 11 is 0. The van der Waals surface area contributed by atoms with Crippen LogP contribution in [0.15, 0.2) is 0 Å². The van der Waals surface area contributed by atoms with Crippen molar-refractivity contribution < 1.29 is 19.8 Å². The zero-order valence-electron chi connectivity index (χ0n) is 12.9. The second-order valence-corrected chi connectivity index (χ2v) is 5.67. The van der Waals surface area contributed by atoms with Crippen LogP contribution in [0.5, 0.6) is 0 Å². The molecule has 0 rings (SSSR count). The molecule has 0 radical (unpaired) electrons. The van der Waals surface area contributed by atoms with Gasteiger partial charge in [-0.2, -0.15) is 0 Å². The van der Waals surface area contributed by atoms with Gasteiger partial charge in [0, 0.05) is 0 Å². The fraction of sp³-hybridized carbons (Fsp3) is 0.867. The van der Waals surface area contributed by atoms with Crippen LogP contribution < -0.4 is 5.32 Å². The van der Waals surface area contributed by atoms with E-state index in [0.29, 0.717) is 6.42 Å². The summed E-state index contributed by atoms with van der Waals surface area (Å²) in [5.41, 5.74) is 0. The van der Waals surface area contributed by atoms with E-state index in [0.717, 1.165) is 19.3 Å². The standard InChI is InChI=1S/C15H29NO4/c1-4-5-6-7-8-9-10-12(14(17)18)16-13(11(2)3)15(19)20/h11-13,16H,4-10H2,1-3H3,(H,17,18)(H,19,20)/t12?,13-/m0/s1. The van der Waals surface area contributed by atoms with E-state index in [1.807, 2.05) is 0 Å². The van der Waals surface area contributed by atoms with Gasteiger partial charge in [-0.1, -0.05) is 59.3 Å². The molecule has 0 bridgehead atoms. The van der Waals surface area contributed by atoms with E-state index in [2.05, 4.69) is 12.2 Å². The quantitative estimate of drug-likeness (QED) is 0.480. The van der Waals surface area contributed by atoms with Crippen molar-refractivity contribution in [3.05, 3.63) is 0 Å². The Morgan fingerprint density at radius 3 is 1.95 bits per heavy atom. The second-order valence-electron chi connectivity index (χ2n) is 5.67. The Kier molecular flexibility index (Phi) is 10.1. The third kappa shape index (κ3) is 8.15. The Labute approximate surface area is 121 Å². The highest BCUT2D eigenvalue weighted by Crippen LogP contribution is 2.11. The van der Waals surface area contributed by atoms with E-state index in [4.69, 9.17) is 5.11 Å². The molecule has 0 heterocycles. The van der Waals surface area contributed by atoms with Crippen LogP contribution >= 0.6 is 0 Å². The molecule has 0 aliphatic heterocycles. The predicted molar refractivity (Wildman–Crippen MR) is 78.8 cm³/mol. The van der Waals surface area contributed by atoms with Gasteiger partial charge < -0.3 is 10.2 Å². The molecule has 0 spiro atoms. The number of rotatable bonds is 12. The largest absolute Gasteiger partial charge is 0.480 e. The molecule has 2 atom stereocenters. The molecule has 1 unspecified atom stereocenters. The fourth-order valence-corrected chi connectivity index (χ4v) is 2.17. The number of carbonyl (C=O) groups is 2. The minimum Gasteiger partial charge on any atom is -0.480 e. The smallest absolute Gasteiger partial charge is 0.320 e.